The first-order valence-corrected chi connectivity index (χ1v) is 16.8. The van der Waals surface area contributed by atoms with Crippen LogP contribution < -0.4 is 26.0 Å². The molecule has 1 aromatic heterocycles. The van der Waals surface area contributed by atoms with Crippen molar-refractivity contribution in [2.45, 2.75) is 62.4 Å². The second-order valence-electron chi connectivity index (χ2n) is 12.7. The fraction of sp³-hybridized carbons (Fsp3) is 0.324. The van der Waals surface area contributed by atoms with Crippen molar-refractivity contribution in [3.05, 3.63) is 106 Å². The fourth-order valence-electron chi connectivity index (χ4n) is 6.79. The number of halogens is 1. The van der Waals surface area contributed by atoms with E-state index >= 15 is 0 Å². The average molecular weight is 683 g/mol. The highest BCUT2D eigenvalue weighted by Crippen LogP contribution is 2.44. The van der Waals surface area contributed by atoms with Crippen LogP contribution in [0.3, 0.4) is 0 Å². The van der Waals surface area contributed by atoms with Crippen molar-refractivity contribution >= 4 is 40.9 Å². The van der Waals surface area contributed by atoms with Crippen molar-refractivity contribution in [3.63, 3.8) is 0 Å². The van der Waals surface area contributed by atoms with Gasteiger partial charge in [-0.15, -0.1) is 0 Å². The molecule has 1 spiro atoms. The van der Waals surface area contributed by atoms with Crippen LogP contribution in [0, 0.1) is 0 Å². The minimum absolute atomic E-state index is 0.0819. The highest BCUT2D eigenvalue weighted by atomic mass is 35.5. The lowest BCUT2D eigenvalue weighted by Gasteiger charge is -2.30. The molecule has 4 aliphatic heterocycles. The Morgan fingerprint density at radius 2 is 1.67 bits per heavy atom. The van der Waals surface area contributed by atoms with E-state index < -0.39 is 23.9 Å². The molecule has 4 aromatic rings. The number of hydrogen-bond donors (Lipinski definition) is 4. The summed E-state index contributed by atoms with van der Waals surface area (Å²) in [4.78, 5) is 53.4. The van der Waals surface area contributed by atoms with E-state index in [1.807, 2.05) is 24.3 Å². The highest BCUT2D eigenvalue weighted by Gasteiger charge is 2.38. The van der Waals surface area contributed by atoms with Gasteiger partial charge in [0.2, 0.25) is 17.7 Å². The first-order valence-electron chi connectivity index (χ1n) is 16.4. The lowest BCUT2D eigenvalue weighted by molar-refractivity contribution is -0.129. The summed E-state index contributed by atoms with van der Waals surface area (Å²) in [5, 5.41) is 15.9. The minimum atomic E-state index is -1.01. The molecule has 12 heteroatoms. The Balaban J connectivity index is 1.36. The normalized spacial score (nSPS) is 19.2. The van der Waals surface area contributed by atoms with Crippen LogP contribution in [0.2, 0.25) is 5.02 Å². The van der Waals surface area contributed by atoms with Crippen LogP contribution in [0.4, 0.5) is 5.69 Å². The summed E-state index contributed by atoms with van der Waals surface area (Å²) in [5.41, 5.74) is 2.90. The molecule has 1 fully saturated rings. The van der Waals surface area contributed by atoms with Crippen molar-refractivity contribution in [2.75, 3.05) is 12.4 Å². The zero-order valence-corrected chi connectivity index (χ0v) is 28.2. The van der Waals surface area contributed by atoms with E-state index in [-0.39, 0.29) is 36.5 Å². The van der Waals surface area contributed by atoms with Gasteiger partial charge in [-0.05, 0) is 78.1 Å². The molecule has 11 nitrogen and oxygen atoms in total. The van der Waals surface area contributed by atoms with Gasteiger partial charge in [0.05, 0.1) is 0 Å². The fourth-order valence-corrected chi connectivity index (χ4v) is 6.98. The van der Waals surface area contributed by atoms with Crippen molar-refractivity contribution in [1.82, 2.24) is 25.7 Å². The van der Waals surface area contributed by atoms with Gasteiger partial charge in [-0.3, -0.25) is 23.9 Å². The van der Waals surface area contributed by atoms with Crippen molar-refractivity contribution in [2.24, 2.45) is 7.05 Å². The summed E-state index contributed by atoms with van der Waals surface area (Å²) >= 11 is 6.63. The molecule has 3 aromatic carbocycles. The van der Waals surface area contributed by atoms with Gasteiger partial charge < -0.3 is 26.0 Å². The average Bonchev–Trinajstić information content (AvgIpc) is 3.75. The Kier molecular flexibility index (Phi) is 10.0. The molecule has 2 atom stereocenters. The van der Waals surface area contributed by atoms with Crippen LogP contribution in [0.1, 0.15) is 59.3 Å². The molecule has 49 heavy (non-hydrogen) atoms. The van der Waals surface area contributed by atoms with Crippen LogP contribution in [0.25, 0.3) is 0 Å². The molecule has 0 radical (unpaired) electrons. The number of benzene rings is 3. The van der Waals surface area contributed by atoms with Gasteiger partial charge in [-0.2, -0.15) is 5.10 Å². The van der Waals surface area contributed by atoms with E-state index in [4.69, 9.17) is 16.3 Å². The van der Waals surface area contributed by atoms with Crippen LogP contribution in [0.15, 0.2) is 79.0 Å². The Hall–Kier alpha value is -5.16. The molecule has 0 unspecified atom stereocenters. The largest absolute Gasteiger partial charge is 0.457 e. The molecule has 5 aliphatic rings. The molecule has 9 rings (SSSR count). The smallest absolute Gasteiger partial charge is 0.270 e. The molecule has 1 saturated carbocycles. The van der Waals surface area contributed by atoms with Crippen LogP contribution >= 0.6 is 11.6 Å². The number of carbonyl (C=O) groups is 4. The lowest BCUT2D eigenvalue weighted by Crippen LogP contribution is -2.48. The highest BCUT2D eigenvalue weighted by molar-refractivity contribution is 6.31. The standard InChI is InChI=1S/C37H39ClN6O5/c1-39-34(46)30-19-23-5-9-26(10-6-23)41-35(47)31(43-36(48)32-15-18-40-44(32)2)21-24-20-28(13-14-29(24)38)49-27-11-7-25(8-12-27)37(16-3-4-17-37)22-33(45)42-30/h5-15,18,20,30-31H,3-4,16-17,19,21-22H2,1-2H3,(H,39,46)(H,41,47)(H,42,45)(H,43,48)/t30-,31+/m1/s1. The zero-order valence-electron chi connectivity index (χ0n) is 27.4. The number of nitrogens with one attached hydrogen (secondary N) is 4. The number of anilines is 1. The number of hydrogen-bond acceptors (Lipinski definition) is 6. The molecule has 0 saturated heterocycles. The first-order chi connectivity index (χ1) is 23.6. The Labute approximate surface area is 289 Å². The first kappa shape index (κ1) is 33.7. The maximum absolute atomic E-state index is 13.7. The third-order valence-corrected chi connectivity index (χ3v) is 9.81. The second kappa shape index (κ2) is 14.5. The van der Waals surface area contributed by atoms with Crippen LogP contribution in [-0.4, -0.2) is 52.5 Å². The van der Waals surface area contributed by atoms with Crippen molar-refractivity contribution < 1.29 is 23.9 Å². The Bertz CT molecular complexity index is 1850. The number of ether oxygens (including phenoxy) is 1. The van der Waals surface area contributed by atoms with Gasteiger partial charge in [-0.25, -0.2) is 0 Å². The summed E-state index contributed by atoms with van der Waals surface area (Å²) in [6.45, 7) is 0. The number of nitrogens with zero attached hydrogens (tertiary/aromatic N) is 2. The minimum Gasteiger partial charge on any atom is -0.457 e. The summed E-state index contributed by atoms with van der Waals surface area (Å²) in [6.07, 6.45) is 5.90. The maximum Gasteiger partial charge on any atom is 0.270 e. The monoisotopic (exact) mass is 682 g/mol. The predicted octanol–water partition coefficient (Wildman–Crippen LogP) is 4.83. The van der Waals surface area contributed by atoms with E-state index in [9.17, 15) is 19.2 Å². The number of aromatic nitrogens is 2. The summed E-state index contributed by atoms with van der Waals surface area (Å²) in [6, 6.07) is 19.8. The maximum atomic E-state index is 13.7. The summed E-state index contributed by atoms with van der Waals surface area (Å²) in [5.74, 6) is -0.302. The molecule has 1 aliphatic carbocycles. The van der Waals surface area contributed by atoms with Gasteiger partial charge in [0, 0.05) is 55.7 Å². The Morgan fingerprint density at radius 3 is 2.35 bits per heavy atom. The van der Waals surface area contributed by atoms with E-state index in [2.05, 4.69) is 26.4 Å². The Morgan fingerprint density at radius 1 is 0.959 bits per heavy atom. The van der Waals surface area contributed by atoms with Gasteiger partial charge in [0.15, 0.2) is 0 Å². The number of rotatable bonds is 3. The topological polar surface area (TPSA) is 143 Å². The number of amides is 4. The van der Waals surface area contributed by atoms with Gasteiger partial charge in [0.25, 0.3) is 5.91 Å². The second-order valence-corrected chi connectivity index (χ2v) is 13.1. The molecule has 4 N–H and O–H groups in total. The van der Waals surface area contributed by atoms with E-state index in [1.165, 1.54) is 10.9 Å². The molecule has 254 valence electrons. The van der Waals surface area contributed by atoms with Gasteiger partial charge >= 0.3 is 0 Å². The molecule has 6 bridgehead atoms. The molecular formula is C37H39ClN6O5. The third kappa shape index (κ3) is 7.78. The number of carbonyl (C=O) groups excluding carboxylic acids is 4. The summed E-state index contributed by atoms with van der Waals surface area (Å²) in [7, 11) is 3.19. The van der Waals surface area contributed by atoms with E-state index in [1.54, 1.807) is 62.6 Å². The molecule has 5 heterocycles. The lowest BCUT2D eigenvalue weighted by atomic mass is 9.76. The molecular weight excluding hydrogens is 644 g/mol. The van der Waals surface area contributed by atoms with Crippen LogP contribution in [0.5, 0.6) is 11.5 Å². The number of likely N-dealkylation sites (N-methyl/N-ethyl adjacent to an activating group) is 1. The van der Waals surface area contributed by atoms with Gasteiger partial charge in [-0.1, -0.05) is 48.7 Å². The predicted molar refractivity (Wildman–Crippen MR) is 186 cm³/mol. The number of aryl methyl sites for hydroxylation is 1. The van der Waals surface area contributed by atoms with E-state index in [0.717, 1.165) is 36.8 Å². The van der Waals surface area contributed by atoms with E-state index in [0.29, 0.717) is 33.5 Å². The zero-order chi connectivity index (χ0) is 34.5. The van der Waals surface area contributed by atoms with Crippen LogP contribution in [-0.2, 0) is 39.7 Å². The SMILES string of the molecule is CNC(=O)[C@H]1Cc2ccc(cc2)NC(=O)[C@@H](NC(=O)c2ccnn2C)Cc2cc(ccc2Cl)Oc2ccc(cc2)C2(CCCC2)CC(=O)N1. The van der Waals surface area contributed by atoms with Crippen molar-refractivity contribution in [1.29, 1.82) is 0 Å². The molecule has 4 amide bonds. The quantitative estimate of drug-likeness (QED) is 0.244. The van der Waals surface area contributed by atoms with Gasteiger partial charge in [0.1, 0.15) is 29.3 Å². The summed E-state index contributed by atoms with van der Waals surface area (Å²) < 4.78 is 7.64. The third-order valence-electron chi connectivity index (χ3n) is 9.44. The van der Waals surface area contributed by atoms with Crippen molar-refractivity contribution in [3.8, 4) is 11.5 Å².